The van der Waals surface area contributed by atoms with Crippen LogP contribution in [-0.2, 0) is 13.0 Å². The van der Waals surface area contributed by atoms with Crippen LogP contribution in [0.5, 0.6) is 0 Å². The summed E-state index contributed by atoms with van der Waals surface area (Å²) in [4.78, 5) is 2.57. The number of rotatable bonds is 10. The number of likely N-dealkylation sites (N-methyl/N-ethyl adjacent to an activating group) is 1. The van der Waals surface area contributed by atoms with Crippen molar-refractivity contribution in [2.45, 2.75) is 46.6 Å². The van der Waals surface area contributed by atoms with E-state index in [9.17, 15) is 0 Å². The van der Waals surface area contributed by atoms with Crippen LogP contribution in [0.1, 0.15) is 44.7 Å². The van der Waals surface area contributed by atoms with E-state index in [1.165, 1.54) is 30.5 Å². The van der Waals surface area contributed by atoms with Crippen molar-refractivity contribution in [2.75, 3.05) is 26.7 Å². The summed E-state index contributed by atoms with van der Waals surface area (Å²) in [5.74, 6) is 0.838. The number of nitrogens with one attached hydrogen (secondary N) is 1. The SMILES string of the molecule is CCC(CC)CN(CC)Cc1ccc(CCNC)cc1. The third kappa shape index (κ3) is 6.06. The number of hydrogen-bond donors (Lipinski definition) is 1. The van der Waals surface area contributed by atoms with Gasteiger partial charge in [0.05, 0.1) is 0 Å². The minimum absolute atomic E-state index is 0.838. The van der Waals surface area contributed by atoms with E-state index in [0.29, 0.717) is 0 Å². The van der Waals surface area contributed by atoms with Gasteiger partial charge >= 0.3 is 0 Å². The maximum atomic E-state index is 3.20. The zero-order valence-electron chi connectivity index (χ0n) is 13.8. The highest BCUT2D eigenvalue weighted by atomic mass is 15.1. The lowest BCUT2D eigenvalue weighted by Gasteiger charge is -2.25. The summed E-state index contributed by atoms with van der Waals surface area (Å²) in [5.41, 5.74) is 2.86. The van der Waals surface area contributed by atoms with Crippen LogP contribution in [0.25, 0.3) is 0 Å². The molecule has 0 saturated carbocycles. The molecule has 0 aromatic heterocycles. The van der Waals surface area contributed by atoms with Gasteiger partial charge in [0.1, 0.15) is 0 Å². The first-order valence-corrected chi connectivity index (χ1v) is 8.18. The fourth-order valence-corrected chi connectivity index (χ4v) is 2.56. The van der Waals surface area contributed by atoms with Gasteiger partial charge in [-0.2, -0.15) is 0 Å². The molecule has 1 aromatic rings. The average Bonchev–Trinajstić information content (AvgIpc) is 2.50. The minimum atomic E-state index is 0.838. The Bertz CT molecular complexity index is 341. The summed E-state index contributed by atoms with van der Waals surface area (Å²) in [7, 11) is 2.01. The van der Waals surface area contributed by atoms with Crippen LogP contribution < -0.4 is 5.32 Å². The van der Waals surface area contributed by atoms with E-state index < -0.39 is 0 Å². The molecule has 1 N–H and O–H groups in total. The first-order valence-electron chi connectivity index (χ1n) is 8.18. The van der Waals surface area contributed by atoms with Crippen LogP contribution >= 0.6 is 0 Å². The minimum Gasteiger partial charge on any atom is -0.319 e. The zero-order valence-corrected chi connectivity index (χ0v) is 13.8. The summed E-state index contributed by atoms with van der Waals surface area (Å²) in [6, 6.07) is 9.14. The summed E-state index contributed by atoms with van der Waals surface area (Å²) in [6.45, 7) is 11.4. The van der Waals surface area contributed by atoms with E-state index in [-0.39, 0.29) is 0 Å². The van der Waals surface area contributed by atoms with E-state index >= 15 is 0 Å². The van der Waals surface area contributed by atoms with Gasteiger partial charge in [-0.25, -0.2) is 0 Å². The predicted molar refractivity (Wildman–Crippen MR) is 89.1 cm³/mol. The maximum absolute atomic E-state index is 3.20. The van der Waals surface area contributed by atoms with Gasteiger partial charge < -0.3 is 5.32 Å². The Hall–Kier alpha value is -0.860. The van der Waals surface area contributed by atoms with Crippen LogP contribution in [0.15, 0.2) is 24.3 Å². The van der Waals surface area contributed by atoms with E-state index in [4.69, 9.17) is 0 Å². The van der Waals surface area contributed by atoms with Crippen LogP contribution in [-0.4, -0.2) is 31.6 Å². The highest BCUT2D eigenvalue weighted by Gasteiger charge is 2.10. The second-order valence-electron chi connectivity index (χ2n) is 5.68. The Morgan fingerprint density at radius 2 is 1.60 bits per heavy atom. The Labute approximate surface area is 125 Å². The molecule has 114 valence electrons. The second-order valence-corrected chi connectivity index (χ2v) is 5.68. The molecule has 2 nitrogen and oxygen atoms in total. The van der Waals surface area contributed by atoms with Gasteiger partial charge in [-0.15, -0.1) is 0 Å². The Morgan fingerprint density at radius 1 is 1.00 bits per heavy atom. The zero-order chi connectivity index (χ0) is 14.8. The van der Waals surface area contributed by atoms with Crippen LogP contribution in [0, 0.1) is 5.92 Å². The number of nitrogens with zero attached hydrogens (tertiary/aromatic N) is 1. The molecular weight excluding hydrogens is 244 g/mol. The van der Waals surface area contributed by atoms with Crippen molar-refractivity contribution in [1.82, 2.24) is 10.2 Å². The molecule has 0 fully saturated rings. The summed E-state index contributed by atoms with van der Waals surface area (Å²) < 4.78 is 0. The standard InChI is InChI=1S/C18H32N2/c1-5-16(6-2)14-20(7-3)15-18-10-8-17(9-11-18)12-13-19-4/h8-11,16,19H,5-7,12-15H2,1-4H3. The molecule has 1 rings (SSSR count). The van der Waals surface area contributed by atoms with E-state index in [0.717, 1.165) is 32.0 Å². The topological polar surface area (TPSA) is 15.3 Å². The van der Waals surface area contributed by atoms with Crippen molar-refractivity contribution in [1.29, 1.82) is 0 Å². The molecule has 0 aliphatic heterocycles. The third-order valence-corrected chi connectivity index (χ3v) is 4.21. The molecule has 2 heteroatoms. The molecule has 0 amide bonds. The average molecular weight is 276 g/mol. The van der Waals surface area contributed by atoms with Gasteiger partial charge in [-0.1, -0.05) is 57.9 Å². The normalized spacial score (nSPS) is 11.5. The van der Waals surface area contributed by atoms with Crippen LogP contribution in [0.3, 0.4) is 0 Å². The molecule has 0 atom stereocenters. The molecule has 0 radical (unpaired) electrons. The van der Waals surface area contributed by atoms with Gasteiger partial charge in [-0.05, 0) is 43.6 Å². The lowest BCUT2D eigenvalue weighted by Crippen LogP contribution is -2.28. The van der Waals surface area contributed by atoms with Gasteiger partial charge in [0, 0.05) is 13.1 Å². The maximum Gasteiger partial charge on any atom is 0.0233 e. The molecular formula is C18H32N2. The molecule has 0 bridgehead atoms. The Balaban J connectivity index is 2.52. The molecule has 20 heavy (non-hydrogen) atoms. The fourth-order valence-electron chi connectivity index (χ4n) is 2.56. The van der Waals surface area contributed by atoms with Gasteiger partial charge in [-0.3, -0.25) is 4.90 Å². The molecule has 0 heterocycles. The van der Waals surface area contributed by atoms with Crippen molar-refractivity contribution < 1.29 is 0 Å². The lowest BCUT2D eigenvalue weighted by atomic mass is 10.0. The van der Waals surface area contributed by atoms with E-state index in [2.05, 4.69) is 55.3 Å². The van der Waals surface area contributed by atoms with Crippen molar-refractivity contribution >= 4 is 0 Å². The molecule has 0 aliphatic rings. The van der Waals surface area contributed by atoms with E-state index in [1.807, 2.05) is 7.05 Å². The highest BCUT2D eigenvalue weighted by molar-refractivity contribution is 5.22. The Morgan fingerprint density at radius 3 is 2.10 bits per heavy atom. The van der Waals surface area contributed by atoms with Crippen molar-refractivity contribution in [3.63, 3.8) is 0 Å². The van der Waals surface area contributed by atoms with Crippen molar-refractivity contribution in [3.05, 3.63) is 35.4 Å². The van der Waals surface area contributed by atoms with Gasteiger partial charge in [0.15, 0.2) is 0 Å². The quantitative estimate of drug-likeness (QED) is 0.701. The molecule has 0 unspecified atom stereocenters. The van der Waals surface area contributed by atoms with Crippen LogP contribution in [0.2, 0.25) is 0 Å². The number of hydrogen-bond acceptors (Lipinski definition) is 2. The predicted octanol–water partition coefficient (Wildman–Crippen LogP) is 3.71. The van der Waals surface area contributed by atoms with E-state index in [1.54, 1.807) is 0 Å². The van der Waals surface area contributed by atoms with Crippen LogP contribution in [0.4, 0.5) is 0 Å². The van der Waals surface area contributed by atoms with Gasteiger partial charge in [0.25, 0.3) is 0 Å². The second kappa shape index (κ2) is 9.95. The van der Waals surface area contributed by atoms with Crippen molar-refractivity contribution in [2.24, 2.45) is 5.92 Å². The molecule has 1 aromatic carbocycles. The first-order chi connectivity index (χ1) is 9.73. The molecule has 0 saturated heterocycles. The van der Waals surface area contributed by atoms with Gasteiger partial charge in [0.2, 0.25) is 0 Å². The lowest BCUT2D eigenvalue weighted by molar-refractivity contribution is 0.226. The summed E-state index contributed by atoms with van der Waals surface area (Å²) in [6.07, 6.45) is 3.69. The monoisotopic (exact) mass is 276 g/mol. The Kier molecular flexibility index (Phi) is 8.56. The summed E-state index contributed by atoms with van der Waals surface area (Å²) in [5, 5.41) is 3.20. The first kappa shape index (κ1) is 17.2. The third-order valence-electron chi connectivity index (χ3n) is 4.21. The molecule has 0 spiro atoms. The largest absolute Gasteiger partial charge is 0.319 e. The fraction of sp³-hybridized carbons (Fsp3) is 0.667. The highest BCUT2D eigenvalue weighted by Crippen LogP contribution is 2.13. The molecule has 0 aliphatic carbocycles. The van der Waals surface area contributed by atoms with Crippen molar-refractivity contribution in [3.8, 4) is 0 Å². The summed E-state index contributed by atoms with van der Waals surface area (Å²) >= 11 is 0. The number of benzene rings is 1. The smallest absolute Gasteiger partial charge is 0.0233 e.